The molecule has 0 fully saturated rings. The molecule has 7 aromatic rings. The van der Waals surface area contributed by atoms with Gasteiger partial charge in [0.15, 0.2) is 5.82 Å². The average Bonchev–Trinajstić information content (AvgIpc) is 3.39. The first-order valence-corrected chi connectivity index (χ1v) is 15.6. The van der Waals surface area contributed by atoms with Crippen molar-refractivity contribution in [2.75, 3.05) is 0 Å². The maximum Gasteiger partial charge on any atom is 0.182 e. The standard InChI is InChI=1S/C40H25N3S/c1-3-13-26(14-4-1)37-38(42-43-39(41-37)27-15-5-2-6-16-27)28-23-24-32-30(25-28)29-17-7-8-18-31(29)40(32)33-19-9-11-21-35(33)44-36-22-12-10-20-34(36)40/h1-25H. The summed E-state index contributed by atoms with van der Waals surface area (Å²) in [7, 11) is 0. The van der Waals surface area contributed by atoms with E-state index in [1.807, 2.05) is 60.3 Å². The highest BCUT2D eigenvalue weighted by Crippen LogP contribution is 2.62. The fourth-order valence-electron chi connectivity index (χ4n) is 7.03. The number of rotatable bonds is 3. The zero-order chi connectivity index (χ0) is 29.1. The van der Waals surface area contributed by atoms with Crippen LogP contribution in [0.4, 0.5) is 0 Å². The van der Waals surface area contributed by atoms with Crippen LogP contribution in [-0.2, 0) is 5.41 Å². The molecule has 3 nitrogen and oxygen atoms in total. The summed E-state index contributed by atoms with van der Waals surface area (Å²) in [5, 5.41) is 9.47. The lowest BCUT2D eigenvalue weighted by atomic mass is 9.67. The maximum atomic E-state index is 5.09. The molecular formula is C40H25N3S. The van der Waals surface area contributed by atoms with Crippen LogP contribution in [0.2, 0.25) is 0 Å². The molecule has 1 aliphatic carbocycles. The van der Waals surface area contributed by atoms with E-state index in [1.165, 1.54) is 43.2 Å². The summed E-state index contributed by atoms with van der Waals surface area (Å²) in [6.45, 7) is 0. The van der Waals surface area contributed by atoms with Crippen molar-refractivity contribution in [1.29, 1.82) is 0 Å². The smallest absolute Gasteiger partial charge is 0.182 e. The molecule has 44 heavy (non-hydrogen) atoms. The monoisotopic (exact) mass is 579 g/mol. The molecule has 0 bridgehead atoms. The first-order valence-electron chi connectivity index (χ1n) is 14.8. The van der Waals surface area contributed by atoms with Gasteiger partial charge in [-0.15, -0.1) is 10.2 Å². The highest BCUT2D eigenvalue weighted by molar-refractivity contribution is 7.99. The second-order valence-electron chi connectivity index (χ2n) is 11.2. The summed E-state index contributed by atoms with van der Waals surface area (Å²) in [4.78, 5) is 7.70. The van der Waals surface area contributed by atoms with E-state index in [-0.39, 0.29) is 0 Å². The van der Waals surface area contributed by atoms with Crippen LogP contribution in [0, 0.1) is 0 Å². The van der Waals surface area contributed by atoms with Crippen molar-refractivity contribution in [3.05, 3.63) is 174 Å². The minimum absolute atomic E-state index is 0.397. The summed E-state index contributed by atoms with van der Waals surface area (Å²) in [5.41, 5.74) is 11.9. The van der Waals surface area contributed by atoms with E-state index in [2.05, 4.69) is 108 Å². The molecule has 1 spiro atoms. The van der Waals surface area contributed by atoms with Crippen LogP contribution in [0.5, 0.6) is 0 Å². The first kappa shape index (κ1) is 25.2. The molecule has 1 aliphatic heterocycles. The van der Waals surface area contributed by atoms with E-state index < -0.39 is 5.41 Å². The van der Waals surface area contributed by atoms with Crippen molar-refractivity contribution >= 4 is 11.8 Å². The summed E-state index contributed by atoms with van der Waals surface area (Å²) in [6, 6.07) is 53.8. The Hall–Kier alpha value is -5.32. The molecule has 2 aliphatic rings. The lowest BCUT2D eigenvalue weighted by Gasteiger charge is -2.39. The number of hydrogen-bond donors (Lipinski definition) is 0. The molecule has 0 amide bonds. The Labute approximate surface area is 260 Å². The normalized spacial score (nSPS) is 13.5. The van der Waals surface area contributed by atoms with Crippen molar-refractivity contribution in [3.8, 4) is 45.0 Å². The van der Waals surface area contributed by atoms with Crippen molar-refractivity contribution in [2.45, 2.75) is 15.2 Å². The molecule has 0 unspecified atom stereocenters. The van der Waals surface area contributed by atoms with Gasteiger partial charge in [-0.3, -0.25) is 0 Å². The Kier molecular flexibility index (Phi) is 5.65. The van der Waals surface area contributed by atoms with Gasteiger partial charge in [0.25, 0.3) is 0 Å². The van der Waals surface area contributed by atoms with Crippen molar-refractivity contribution in [3.63, 3.8) is 0 Å². The minimum Gasteiger partial charge on any atom is -0.224 e. The van der Waals surface area contributed by atoms with Crippen LogP contribution >= 0.6 is 11.8 Å². The van der Waals surface area contributed by atoms with Crippen molar-refractivity contribution in [2.24, 2.45) is 0 Å². The van der Waals surface area contributed by atoms with Crippen LogP contribution < -0.4 is 0 Å². The SMILES string of the molecule is c1ccc(-c2nnc(-c3ccc4c(c3)-c3ccccc3C43c4ccccc4Sc4ccccc43)c(-c3ccccc3)n2)cc1. The third-order valence-corrected chi connectivity index (χ3v) is 10.0. The Bertz CT molecular complexity index is 2160. The average molecular weight is 580 g/mol. The van der Waals surface area contributed by atoms with Crippen LogP contribution in [0.15, 0.2) is 161 Å². The molecule has 1 aromatic heterocycles. The minimum atomic E-state index is -0.397. The number of nitrogens with zero attached hydrogens (tertiary/aromatic N) is 3. The maximum absolute atomic E-state index is 5.09. The molecule has 2 heterocycles. The highest BCUT2D eigenvalue weighted by Gasteiger charge is 2.50. The fourth-order valence-corrected chi connectivity index (χ4v) is 8.23. The van der Waals surface area contributed by atoms with E-state index in [4.69, 9.17) is 10.1 Å². The first-order chi connectivity index (χ1) is 21.8. The molecule has 206 valence electrons. The summed E-state index contributed by atoms with van der Waals surface area (Å²) in [6.07, 6.45) is 0. The van der Waals surface area contributed by atoms with E-state index >= 15 is 0 Å². The van der Waals surface area contributed by atoms with Gasteiger partial charge < -0.3 is 0 Å². The molecule has 6 aromatic carbocycles. The molecular weight excluding hydrogens is 555 g/mol. The molecule has 9 rings (SSSR count). The van der Waals surface area contributed by atoms with Crippen LogP contribution in [0.1, 0.15) is 22.3 Å². The number of fused-ring (bicyclic) bond motifs is 9. The van der Waals surface area contributed by atoms with E-state index in [1.54, 1.807) is 0 Å². The van der Waals surface area contributed by atoms with Crippen molar-refractivity contribution in [1.82, 2.24) is 15.2 Å². The van der Waals surface area contributed by atoms with Gasteiger partial charge in [-0.05, 0) is 51.6 Å². The van der Waals surface area contributed by atoms with Gasteiger partial charge in [0.1, 0.15) is 11.4 Å². The molecule has 0 saturated heterocycles. The second-order valence-corrected chi connectivity index (χ2v) is 12.3. The van der Waals surface area contributed by atoms with Gasteiger partial charge >= 0.3 is 0 Å². The van der Waals surface area contributed by atoms with Gasteiger partial charge in [0, 0.05) is 26.5 Å². The molecule has 0 N–H and O–H groups in total. The van der Waals surface area contributed by atoms with Crippen molar-refractivity contribution < 1.29 is 0 Å². The van der Waals surface area contributed by atoms with E-state index in [0.29, 0.717) is 5.82 Å². The summed E-state index contributed by atoms with van der Waals surface area (Å²) < 4.78 is 0. The molecule has 4 heteroatoms. The van der Waals surface area contributed by atoms with E-state index in [9.17, 15) is 0 Å². The Balaban J connectivity index is 1.30. The lowest BCUT2D eigenvalue weighted by molar-refractivity contribution is 0.722. The van der Waals surface area contributed by atoms with Gasteiger partial charge in [0.05, 0.1) is 5.41 Å². The quantitative estimate of drug-likeness (QED) is 0.209. The van der Waals surface area contributed by atoms with Crippen LogP contribution in [0.25, 0.3) is 45.0 Å². The van der Waals surface area contributed by atoms with Gasteiger partial charge in [-0.2, -0.15) is 0 Å². The molecule has 0 atom stereocenters. The summed E-state index contributed by atoms with van der Waals surface area (Å²) in [5.74, 6) is 0.617. The second kappa shape index (κ2) is 9.87. The van der Waals surface area contributed by atoms with Gasteiger partial charge in [-0.1, -0.05) is 145 Å². The van der Waals surface area contributed by atoms with Gasteiger partial charge in [-0.25, -0.2) is 4.98 Å². The Morgan fingerprint density at radius 3 is 1.68 bits per heavy atom. The number of hydrogen-bond acceptors (Lipinski definition) is 4. The predicted molar refractivity (Wildman–Crippen MR) is 178 cm³/mol. The Morgan fingerprint density at radius 1 is 0.409 bits per heavy atom. The van der Waals surface area contributed by atoms with Gasteiger partial charge in [0.2, 0.25) is 0 Å². The van der Waals surface area contributed by atoms with Crippen LogP contribution in [0.3, 0.4) is 0 Å². The number of aromatic nitrogens is 3. The zero-order valence-corrected chi connectivity index (χ0v) is 24.5. The zero-order valence-electron chi connectivity index (χ0n) is 23.7. The lowest BCUT2D eigenvalue weighted by Crippen LogP contribution is -2.31. The number of benzene rings is 6. The summed E-state index contributed by atoms with van der Waals surface area (Å²) >= 11 is 1.87. The highest BCUT2D eigenvalue weighted by atomic mass is 32.2. The molecule has 0 radical (unpaired) electrons. The molecule has 0 saturated carbocycles. The van der Waals surface area contributed by atoms with E-state index in [0.717, 1.165) is 28.1 Å². The Morgan fingerprint density at radius 2 is 0.977 bits per heavy atom. The topological polar surface area (TPSA) is 38.7 Å². The predicted octanol–water partition coefficient (Wildman–Crippen LogP) is 9.70. The largest absolute Gasteiger partial charge is 0.224 e. The van der Waals surface area contributed by atoms with Crippen LogP contribution in [-0.4, -0.2) is 15.2 Å². The fraction of sp³-hybridized carbons (Fsp3) is 0.0250. The third-order valence-electron chi connectivity index (χ3n) is 8.89. The third kappa shape index (κ3) is 3.61.